The maximum atomic E-state index is 11.6. The third kappa shape index (κ3) is 3.91. The molecule has 0 unspecified atom stereocenters. The van der Waals surface area contributed by atoms with Crippen molar-refractivity contribution in [3.63, 3.8) is 0 Å². The summed E-state index contributed by atoms with van der Waals surface area (Å²) in [6.45, 7) is 2.35. The predicted molar refractivity (Wildman–Crippen MR) is 105 cm³/mol. The van der Waals surface area contributed by atoms with Gasteiger partial charge in [-0.25, -0.2) is 13.2 Å². The van der Waals surface area contributed by atoms with Crippen LogP contribution in [0.25, 0.3) is 0 Å². The molecule has 0 saturated carbocycles. The number of amides is 1. The highest BCUT2D eigenvalue weighted by Gasteiger charge is 2.44. The van der Waals surface area contributed by atoms with Gasteiger partial charge in [0.05, 0.1) is 6.26 Å². The largest absolute Gasteiger partial charge is 0.490 e. The molecular formula is C19H27N3O5S. The van der Waals surface area contributed by atoms with Crippen LogP contribution in [0, 0.1) is 0 Å². The Morgan fingerprint density at radius 1 is 1.04 bits per heavy atom. The van der Waals surface area contributed by atoms with Crippen LogP contribution in [0.1, 0.15) is 25.7 Å². The average Bonchev–Trinajstić information content (AvgIpc) is 2.93. The van der Waals surface area contributed by atoms with Crippen LogP contribution >= 0.6 is 0 Å². The van der Waals surface area contributed by atoms with E-state index < -0.39 is 16.1 Å². The molecule has 0 aromatic heterocycles. The van der Waals surface area contributed by atoms with Crippen LogP contribution in [0.5, 0.6) is 5.75 Å². The second-order valence-electron chi connectivity index (χ2n) is 7.93. The molecular weight excluding hydrogens is 382 g/mol. The lowest BCUT2D eigenvalue weighted by atomic mass is 10.0. The van der Waals surface area contributed by atoms with Crippen molar-refractivity contribution in [1.82, 2.24) is 9.21 Å². The third-order valence-corrected chi connectivity index (χ3v) is 7.43. The van der Waals surface area contributed by atoms with Gasteiger partial charge >= 0.3 is 6.09 Å². The number of hydrogen-bond donors (Lipinski definition) is 1. The molecule has 0 aliphatic carbocycles. The molecule has 8 nitrogen and oxygen atoms in total. The first-order chi connectivity index (χ1) is 13.3. The summed E-state index contributed by atoms with van der Waals surface area (Å²) in [5.41, 5.74) is 1.06. The lowest BCUT2D eigenvalue weighted by Gasteiger charge is -2.37. The Balaban J connectivity index is 1.33. The van der Waals surface area contributed by atoms with Crippen molar-refractivity contribution in [2.75, 3.05) is 37.3 Å². The number of carbonyl (C=O) groups is 1. The van der Waals surface area contributed by atoms with Gasteiger partial charge in [0.2, 0.25) is 10.0 Å². The van der Waals surface area contributed by atoms with Gasteiger partial charge < -0.3 is 19.6 Å². The van der Waals surface area contributed by atoms with E-state index in [-0.39, 0.29) is 18.2 Å². The number of piperazine rings is 1. The van der Waals surface area contributed by atoms with Gasteiger partial charge in [0.15, 0.2) is 0 Å². The first kappa shape index (κ1) is 19.3. The number of ether oxygens (including phenoxy) is 1. The van der Waals surface area contributed by atoms with E-state index in [0.29, 0.717) is 26.2 Å². The number of piperidine rings is 1. The molecule has 3 aliphatic heterocycles. The summed E-state index contributed by atoms with van der Waals surface area (Å²) in [6.07, 6.45) is 3.84. The summed E-state index contributed by atoms with van der Waals surface area (Å²) >= 11 is 0. The Hall–Kier alpha value is -2.00. The minimum atomic E-state index is -3.12. The standard InChI is InChI=1S/C19H27N3O5S/c1-28(25,26)21-10-8-20(9-11-21)14-4-6-17(7-5-14)27-18-12-15-2-3-16(13-18)22(15)19(23)24/h4-7,15-16,18H,2-3,8-13H2,1H3,(H,23,24)/t15-,16+,18-. The number of anilines is 1. The van der Waals surface area contributed by atoms with Gasteiger partial charge in [-0.1, -0.05) is 0 Å². The molecule has 154 valence electrons. The Bertz CT molecular complexity index is 806. The summed E-state index contributed by atoms with van der Waals surface area (Å²) in [6, 6.07) is 8.06. The highest BCUT2D eigenvalue weighted by Crippen LogP contribution is 2.37. The van der Waals surface area contributed by atoms with Crippen molar-refractivity contribution in [1.29, 1.82) is 0 Å². The van der Waals surface area contributed by atoms with Crippen LogP contribution in [0.4, 0.5) is 10.5 Å². The van der Waals surface area contributed by atoms with E-state index in [1.165, 1.54) is 10.6 Å². The second kappa shape index (κ2) is 7.44. The smallest absolute Gasteiger partial charge is 0.407 e. The zero-order chi connectivity index (χ0) is 19.9. The molecule has 3 atom stereocenters. The van der Waals surface area contributed by atoms with Crippen molar-refractivity contribution in [3.05, 3.63) is 24.3 Å². The first-order valence-electron chi connectivity index (χ1n) is 9.79. The number of sulfonamides is 1. The van der Waals surface area contributed by atoms with Crippen LogP contribution in [0.15, 0.2) is 24.3 Å². The van der Waals surface area contributed by atoms with E-state index in [9.17, 15) is 18.3 Å². The molecule has 2 bridgehead atoms. The Morgan fingerprint density at radius 2 is 1.61 bits per heavy atom. The van der Waals surface area contributed by atoms with Gasteiger partial charge in [-0.05, 0) is 37.1 Å². The van der Waals surface area contributed by atoms with Crippen molar-refractivity contribution < 1.29 is 23.1 Å². The molecule has 4 rings (SSSR count). The fraction of sp³-hybridized carbons (Fsp3) is 0.632. The molecule has 1 aromatic rings. The summed E-state index contributed by atoms with van der Waals surface area (Å²) in [5, 5.41) is 9.35. The number of nitrogens with zero attached hydrogens (tertiary/aromatic N) is 3. The topological polar surface area (TPSA) is 90.4 Å². The minimum Gasteiger partial charge on any atom is -0.490 e. The SMILES string of the molecule is CS(=O)(=O)N1CCN(c2ccc(O[C@@H]3C[C@H]4CC[C@@H](C3)N4C(=O)O)cc2)CC1. The molecule has 9 heteroatoms. The fourth-order valence-electron chi connectivity index (χ4n) is 4.74. The van der Waals surface area contributed by atoms with E-state index in [1.54, 1.807) is 4.90 Å². The molecule has 1 amide bonds. The highest BCUT2D eigenvalue weighted by molar-refractivity contribution is 7.88. The quantitative estimate of drug-likeness (QED) is 0.816. The highest BCUT2D eigenvalue weighted by atomic mass is 32.2. The predicted octanol–water partition coefficient (Wildman–Crippen LogP) is 1.82. The van der Waals surface area contributed by atoms with E-state index in [2.05, 4.69) is 4.90 Å². The Kier molecular flexibility index (Phi) is 5.13. The van der Waals surface area contributed by atoms with Crippen LogP contribution in [0.2, 0.25) is 0 Å². The summed E-state index contributed by atoms with van der Waals surface area (Å²) < 4.78 is 30.9. The van der Waals surface area contributed by atoms with Gasteiger partial charge in [0.25, 0.3) is 0 Å². The monoisotopic (exact) mass is 409 g/mol. The van der Waals surface area contributed by atoms with Crippen LogP contribution < -0.4 is 9.64 Å². The lowest BCUT2D eigenvalue weighted by molar-refractivity contribution is 0.0496. The number of fused-ring (bicyclic) bond motifs is 2. The van der Waals surface area contributed by atoms with E-state index >= 15 is 0 Å². The average molecular weight is 410 g/mol. The van der Waals surface area contributed by atoms with E-state index in [0.717, 1.165) is 37.1 Å². The first-order valence-corrected chi connectivity index (χ1v) is 11.6. The van der Waals surface area contributed by atoms with Crippen molar-refractivity contribution in [2.24, 2.45) is 0 Å². The summed E-state index contributed by atoms with van der Waals surface area (Å²) in [5.74, 6) is 0.798. The molecule has 1 aromatic carbocycles. The van der Waals surface area contributed by atoms with Crippen LogP contribution in [-0.2, 0) is 10.0 Å². The molecule has 3 fully saturated rings. The number of rotatable bonds is 4. The van der Waals surface area contributed by atoms with Crippen LogP contribution in [-0.4, -0.2) is 79.4 Å². The fourth-order valence-corrected chi connectivity index (χ4v) is 5.57. The molecule has 3 heterocycles. The number of hydrogen-bond acceptors (Lipinski definition) is 5. The van der Waals surface area contributed by atoms with Gasteiger partial charge in [-0.2, -0.15) is 4.31 Å². The van der Waals surface area contributed by atoms with E-state index in [1.807, 2.05) is 24.3 Å². The van der Waals surface area contributed by atoms with Crippen LogP contribution in [0.3, 0.4) is 0 Å². The molecule has 0 spiro atoms. The van der Waals surface area contributed by atoms with Gasteiger partial charge in [0.1, 0.15) is 11.9 Å². The zero-order valence-corrected chi connectivity index (χ0v) is 16.8. The minimum absolute atomic E-state index is 0.0530. The molecule has 3 saturated heterocycles. The normalized spacial score (nSPS) is 28.4. The Labute approximate surface area is 165 Å². The maximum absolute atomic E-state index is 11.6. The lowest BCUT2D eigenvalue weighted by Crippen LogP contribution is -2.48. The number of benzene rings is 1. The van der Waals surface area contributed by atoms with Gasteiger partial charge in [0, 0.05) is 56.8 Å². The summed E-state index contributed by atoms with van der Waals surface area (Å²) in [4.78, 5) is 15.2. The maximum Gasteiger partial charge on any atom is 0.407 e. The summed E-state index contributed by atoms with van der Waals surface area (Å²) in [7, 11) is -3.12. The number of carboxylic acid groups (broad SMARTS) is 1. The molecule has 28 heavy (non-hydrogen) atoms. The molecule has 1 N–H and O–H groups in total. The Morgan fingerprint density at radius 3 is 2.11 bits per heavy atom. The van der Waals surface area contributed by atoms with Crippen molar-refractivity contribution in [2.45, 2.75) is 43.9 Å². The van der Waals surface area contributed by atoms with Crippen molar-refractivity contribution in [3.8, 4) is 5.75 Å². The van der Waals surface area contributed by atoms with Gasteiger partial charge in [-0.15, -0.1) is 0 Å². The zero-order valence-electron chi connectivity index (χ0n) is 16.0. The van der Waals surface area contributed by atoms with E-state index in [4.69, 9.17) is 4.74 Å². The second-order valence-corrected chi connectivity index (χ2v) is 9.91. The molecule has 0 radical (unpaired) electrons. The van der Waals surface area contributed by atoms with Gasteiger partial charge in [-0.3, -0.25) is 0 Å². The molecule has 3 aliphatic rings. The third-order valence-electron chi connectivity index (χ3n) is 6.12. The van der Waals surface area contributed by atoms with Crippen molar-refractivity contribution >= 4 is 21.8 Å².